The van der Waals surface area contributed by atoms with Crippen LogP contribution in [0.25, 0.3) is 0 Å². The molecule has 216 valence electrons. The first-order valence-corrected chi connectivity index (χ1v) is 11.2. The number of pyridine rings is 1. The van der Waals surface area contributed by atoms with Gasteiger partial charge in [-0.2, -0.15) is 26.3 Å². The zero-order valence-corrected chi connectivity index (χ0v) is 20.4. The third kappa shape index (κ3) is 8.91. The summed E-state index contributed by atoms with van der Waals surface area (Å²) >= 11 is 0. The van der Waals surface area contributed by atoms with Crippen LogP contribution in [0.4, 0.5) is 26.3 Å². The third-order valence-corrected chi connectivity index (χ3v) is 5.65. The Bertz CT molecular complexity index is 1090. The number of piperidine rings is 1. The molecule has 2 aromatic heterocycles. The van der Waals surface area contributed by atoms with Gasteiger partial charge in [0.2, 0.25) is 0 Å². The molecule has 0 bridgehead atoms. The SMILES string of the molecule is CNC(=O)C1Cn2ccnc2C2(CCN(Cc3ccccn3)CC2)O1.O=C(O)C(F)(F)F.O=C(O)C(F)(F)F. The minimum atomic E-state index is -5.08. The summed E-state index contributed by atoms with van der Waals surface area (Å²) in [4.78, 5) is 41.3. The number of nitrogens with one attached hydrogen (secondary N) is 1. The maximum atomic E-state index is 12.1. The van der Waals surface area contributed by atoms with Gasteiger partial charge in [-0.3, -0.25) is 14.7 Å². The van der Waals surface area contributed by atoms with Crippen LogP contribution in [-0.4, -0.2) is 86.1 Å². The lowest BCUT2D eigenvalue weighted by molar-refractivity contribution is -0.193. The van der Waals surface area contributed by atoms with Gasteiger partial charge in [-0.1, -0.05) is 6.07 Å². The maximum Gasteiger partial charge on any atom is 0.490 e. The molecule has 1 saturated heterocycles. The average Bonchev–Trinajstić information content (AvgIpc) is 3.35. The van der Waals surface area contributed by atoms with Gasteiger partial charge in [-0.05, 0) is 25.0 Å². The Morgan fingerprint density at radius 1 is 1.03 bits per heavy atom. The fraction of sp³-hybridized carbons (Fsp3) is 0.500. The number of alkyl halides is 6. The van der Waals surface area contributed by atoms with E-state index in [1.807, 2.05) is 24.5 Å². The van der Waals surface area contributed by atoms with Gasteiger partial charge in [0.05, 0.1) is 12.2 Å². The second kappa shape index (κ2) is 12.9. The zero-order valence-electron chi connectivity index (χ0n) is 20.4. The number of likely N-dealkylation sites (tertiary alicyclic amines) is 1. The Morgan fingerprint density at radius 2 is 1.59 bits per heavy atom. The minimum Gasteiger partial charge on any atom is -0.475 e. The van der Waals surface area contributed by atoms with Crippen molar-refractivity contribution in [2.45, 2.75) is 50.0 Å². The van der Waals surface area contributed by atoms with Gasteiger partial charge in [0.1, 0.15) is 11.4 Å². The molecule has 1 fully saturated rings. The van der Waals surface area contributed by atoms with Gasteiger partial charge in [0.15, 0.2) is 6.10 Å². The molecular weight excluding hydrogens is 544 g/mol. The van der Waals surface area contributed by atoms with Gasteiger partial charge in [-0.25, -0.2) is 14.6 Å². The number of carbonyl (C=O) groups excluding carboxylic acids is 1. The Balaban J connectivity index is 0.000000317. The largest absolute Gasteiger partial charge is 0.490 e. The molecule has 1 unspecified atom stereocenters. The minimum absolute atomic E-state index is 0.0744. The molecule has 1 amide bonds. The van der Waals surface area contributed by atoms with E-state index < -0.39 is 36.0 Å². The van der Waals surface area contributed by atoms with Gasteiger partial charge < -0.3 is 24.8 Å². The fourth-order valence-corrected chi connectivity index (χ4v) is 3.83. The van der Waals surface area contributed by atoms with E-state index in [9.17, 15) is 31.1 Å². The number of halogens is 6. The molecule has 0 aliphatic carbocycles. The lowest BCUT2D eigenvalue weighted by Crippen LogP contribution is -2.53. The zero-order chi connectivity index (χ0) is 29.4. The lowest BCUT2D eigenvalue weighted by atomic mass is 9.88. The Labute approximate surface area is 217 Å². The maximum absolute atomic E-state index is 12.1. The summed E-state index contributed by atoms with van der Waals surface area (Å²) in [6.45, 7) is 3.15. The Hall–Kier alpha value is -3.73. The molecule has 1 atom stereocenters. The predicted molar refractivity (Wildman–Crippen MR) is 119 cm³/mol. The average molecular weight is 569 g/mol. The number of rotatable bonds is 3. The van der Waals surface area contributed by atoms with Crippen molar-refractivity contribution in [3.8, 4) is 0 Å². The van der Waals surface area contributed by atoms with Crippen LogP contribution in [0.5, 0.6) is 0 Å². The highest BCUT2D eigenvalue weighted by molar-refractivity contribution is 5.80. The number of amides is 1. The van der Waals surface area contributed by atoms with E-state index in [2.05, 4.69) is 30.8 Å². The summed E-state index contributed by atoms with van der Waals surface area (Å²) in [6, 6.07) is 6.00. The molecule has 2 aliphatic rings. The van der Waals surface area contributed by atoms with Crippen LogP contribution in [-0.2, 0) is 37.8 Å². The molecule has 0 radical (unpaired) electrons. The highest BCUT2D eigenvalue weighted by Crippen LogP contribution is 2.40. The number of hydrogen-bond donors (Lipinski definition) is 3. The standard InChI is InChI=1S/C18H23N5O2.2C2HF3O2/c1-19-16(24)15-13-23-11-8-21-17(23)18(25-15)5-9-22(10-6-18)12-14-4-2-3-7-20-14;2*3-2(4,5)1(6)7/h2-4,7-8,11,15H,5-6,9-10,12-13H2,1H3,(H,19,24);2*(H,6,7). The van der Waals surface area contributed by atoms with E-state index in [4.69, 9.17) is 24.5 Å². The van der Waals surface area contributed by atoms with Crippen molar-refractivity contribution in [3.05, 3.63) is 48.3 Å². The van der Waals surface area contributed by atoms with Crippen molar-refractivity contribution in [2.24, 2.45) is 0 Å². The number of ether oxygens (including phenoxy) is 1. The van der Waals surface area contributed by atoms with E-state index >= 15 is 0 Å². The second-order valence-electron chi connectivity index (χ2n) is 8.32. The molecule has 0 aromatic carbocycles. The number of carboxylic acid groups (broad SMARTS) is 2. The number of carbonyl (C=O) groups is 3. The van der Waals surface area contributed by atoms with Gasteiger partial charge in [0, 0.05) is 45.3 Å². The summed E-state index contributed by atoms with van der Waals surface area (Å²) in [7, 11) is 1.65. The number of fused-ring (bicyclic) bond motifs is 2. The van der Waals surface area contributed by atoms with Crippen LogP contribution in [0, 0.1) is 0 Å². The van der Waals surface area contributed by atoms with Crippen LogP contribution in [0.1, 0.15) is 24.4 Å². The van der Waals surface area contributed by atoms with E-state index in [1.165, 1.54) is 0 Å². The Kier molecular flexibility index (Phi) is 10.4. The van der Waals surface area contributed by atoms with Crippen LogP contribution in [0.15, 0.2) is 36.8 Å². The molecule has 2 aliphatic heterocycles. The third-order valence-electron chi connectivity index (χ3n) is 5.65. The van der Waals surface area contributed by atoms with E-state index in [1.54, 1.807) is 13.2 Å². The molecule has 1 spiro atoms. The molecule has 4 heterocycles. The number of nitrogens with zero attached hydrogens (tertiary/aromatic N) is 4. The van der Waals surface area contributed by atoms with Crippen molar-refractivity contribution in [3.63, 3.8) is 0 Å². The topological polar surface area (TPSA) is 147 Å². The first kappa shape index (κ1) is 31.5. The first-order chi connectivity index (χ1) is 18.1. The number of aromatic nitrogens is 3. The van der Waals surface area contributed by atoms with Crippen LogP contribution in [0.2, 0.25) is 0 Å². The molecule has 3 N–H and O–H groups in total. The highest BCUT2D eigenvalue weighted by atomic mass is 19.4. The summed E-state index contributed by atoms with van der Waals surface area (Å²) in [6.07, 6.45) is -3.42. The monoisotopic (exact) mass is 569 g/mol. The molecular formula is C22H25F6N5O6. The van der Waals surface area contributed by atoms with Crippen LogP contribution < -0.4 is 5.32 Å². The summed E-state index contributed by atoms with van der Waals surface area (Å²) in [5.74, 6) is -4.64. The lowest BCUT2D eigenvalue weighted by Gasteiger charge is -2.45. The van der Waals surface area contributed by atoms with Crippen LogP contribution >= 0.6 is 0 Å². The molecule has 39 heavy (non-hydrogen) atoms. The summed E-state index contributed by atoms with van der Waals surface area (Å²) in [5.41, 5.74) is 0.604. The molecule has 17 heteroatoms. The number of imidazole rings is 1. The summed E-state index contributed by atoms with van der Waals surface area (Å²) in [5, 5.41) is 17.0. The van der Waals surface area contributed by atoms with Gasteiger partial charge >= 0.3 is 24.3 Å². The number of aliphatic carboxylic acids is 2. The van der Waals surface area contributed by atoms with Gasteiger partial charge in [0.25, 0.3) is 5.91 Å². The first-order valence-electron chi connectivity index (χ1n) is 11.2. The number of carboxylic acids is 2. The molecule has 11 nitrogen and oxygen atoms in total. The molecule has 2 aromatic rings. The number of likely N-dealkylation sites (N-methyl/N-ethyl adjacent to an activating group) is 1. The quantitative estimate of drug-likeness (QED) is 0.474. The van der Waals surface area contributed by atoms with Crippen molar-refractivity contribution in [1.82, 2.24) is 24.8 Å². The second-order valence-corrected chi connectivity index (χ2v) is 8.32. The molecule has 0 saturated carbocycles. The van der Waals surface area contributed by atoms with E-state index in [0.717, 1.165) is 44.0 Å². The summed E-state index contributed by atoms with van der Waals surface area (Å²) < 4.78 is 71.9. The Morgan fingerprint density at radius 3 is 2.05 bits per heavy atom. The highest BCUT2D eigenvalue weighted by Gasteiger charge is 2.47. The van der Waals surface area contributed by atoms with Gasteiger partial charge in [-0.15, -0.1) is 0 Å². The predicted octanol–water partition coefficient (Wildman–Crippen LogP) is 2.18. The van der Waals surface area contributed by atoms with E-state index in [0.29, 0.717) is 6.54 Å². The van der Waals surface area contributed by atoms with Crippen LogP contribution in [0.3, 0.4) is 0 Å². The molecule has 4 rings (SSSR count). The number of hydrogen-bond acceptors (Lipinski definition) is 7. The van der Waals surface area contributed by atoms with Crippen molar-refractivity contribution < 1.29 is 55.7 Å². The van der Waals surface area contributed by atoms with Crippen molar-refractivity contribution in [1.29, 1.82) is 0 Å². The fourth-order valence-electron chi connectivity index (χ4n) is 3.83. The normalized spacial score (nSPS) is 18.5. The van der Waals surface area contributed by atoms with E-state index in [-0.39, 0.29) is 5.91 Å². The smallest absolute Gasteiger partial charge is 0.475 e. The van der Waals surface area contributed by atoms with Crippen molar-refractivity contribution in [2.75, 3.05) is 20.1 Å². The van der Waals surface area contributed by atoms with Crippen molar-refractivity contribution >= 4 is 17.8 Å².